The summed E-state index contributed by atoms with van der Waals surface area (Å²) < 4.78 is 0. The van der Waals surface area contributed by atoms with E-state index in [9.17, 15) is 0 Å². The van der Waals surface area contributed by atoms with Crippen LogP contribution in [0.3, 0.4) is 0 Å². The molecule has 0 saturated heterocycles. The molecule has 4 nitrogen and oxygen atoms in total. The summed E-state index contributed by atoms with van der Waals surface area (Å²) in [5, 5.41) is 15.1. The van der Waals surface area contributed by atoms with E-state index in [1.807, 2.05) is 24.4 Å². The third-order valence-corrected chi connectivity index (χ3v) is 2.86. The van der Waals surface area contributed by atoms with Crippen molar-refractivity contribution >= 4 is 17.0 Å². The maximum absolute atomic E-state index is 8.85. The normalized spacial score (nSPS) is 9.75. The number of rotatable bonds is 3. The molecule has 0 atom stereocenters. The molecule has 0 fully saturated rings. The summed E-state index contributed by atoms with van der Waals surface area (Å²) >= 11 is 1.62. The second-order valence-corrected chi connectivity index (χ2v) is 4.29. The highest BCUT2D eigenvalue weighted by Crippen LogP contribution is 2.13. The SMILES string of the molecule is Cc1nc(CNc2cccnc2C#N)cs1. The van der Waals surface area contributed by atoms with E-state index < -0.39 is 0 Å². The fourth-order valence-electron chi connectivity index (χ4n) is 1.31. The second-order valence-electron chi connectivity index (χ2n) is 3.22. The molecule has 0 aromatic carbocycles. The molecule has 80 valence electrons. The van der Waals surface area contributed by atoms with Gasteiger partial charge in [-0.15, -0.1) is 11.3 Å². The van der Waals surface area contributed by atoms with Gasteiger partial charge in [-0.05, 0) is 19.1 Å². The van der Waals surface area contributed by atoms with Crippen LogP contribution in [0.1, 0.15) is 16.4 Å². The van der Waals surface area contributed by atoms with Gasteiger partial charge in [0.05, 0.1) is 22.9 Å². The molecule has 16 heavy (non-hydrogen) atoms. The van der Waals surface area contributed by atoms with Crippen LogP contribution in [0.5, 0.6) is 0 Å². The number of thiazole rings is 1. The van der Waals surface area contributed by atoms with Gasteiger partial charge in [0.2, 0.25) is 0 Å². The van der Waals surface area contributed by atoms with Gasteiger partial charge < -0.3 is 5.32 Å². The number of anilines is 1. The predicted octanol–water partition coefficient (Wildman–Crippen LogP) is 2.33. The van der Waals surface area contributed by atoms with Gasteiger partial charge in [-0.25, -0.2) is 9.97 Å². The number of hydrogen-bond acceptors (Lipinski definition) is 5. The van der Waals surface area contributed by atoms with Crippen molar-refractivity contribution in [3.05, 3.63) is 40.1 Å². The average Bonchev–Trinajstić information content (AvgIpc) is 2.73. The van der Waals surface area contributed by atoms with Crippen LogP contribution < -0.4 is 5.32 Å². The topological polar surface area (TPSA) is 61.6 Å². The second kappa shape index (κ2) is 4.73. The van der Waals surface area contributed by atoms with Gasteiger partial charge in [-0.1, -0.05) is 0 Å². The van der Waals surface area contributed by atoms with E-state index in [0.29, 0.717) is 12.2 Å². The van der Waals surface area contributed by atoms with E-state index in [1.54, 1.807) is 23.6 Å². The van der Waals surface area contributed by atoms with Crippen molar-refractivity contribution < 1.29 is 0 Å². The third kappa shape index (κ3) is 2.35. The number of aryl methyl sites for hydroxylation is 1. The molecule has 0 aliphatic heterocycles. The average molecular weight is 230 g/mol. The van der Waals surface area contributed by atoms with E-state index in [4.69, 9.17) is 5.26 Å². The van der Waals surface area contributed by atoms with E-state index in [2.05, 4.69) is 15.3 Å². The minimum atomic E-state index is 0.412. The van der Waals surface area contributed by atoms with Crippen molar-refractivity contribution in [1.82, 2.24) is 9.97 Å². The highest BCUT2D eigenvalue weighted by Gasteiger charge is 2.02. The maximum atomic E-state index is 8.85. The lowest BCUT2D eigenvalue weighted by Crippen LogP contribution is -2.02. The Balaban J connectivity index is 2.08. The zero-order chi connectivity index (χ0) is 11.4. The molecule has 0 bridgehead atoms. The van der Waals surface area contributed by atoms with Gasteiger partial charge in [-0.3, -0.25) is 0 Å². The van der Waals surface area contributed by atoms with E-state index in [-0.39, 0.29) is 0 Å². The van der Waals surface area contributed by atoms with Crippen LogP contribution in [0.2, 0.25) is 0 Å². The summed E-state index contributed by atoms with van der Waals surface area (Å²) in [6.07, 6.45) is 1.61. The van der Waals surface area contributed by atoms with Crippen LogP contribution >= 0.6 is 11.3 Å². The first-order chi connectivity index (χ1) is 7.79. The monoisotopic (exact) mass is 230 g/mol. The minimum Gasteiger partial charge on any atom is -0.377 e. The Morgan fingerprint density at radius 2 is 2.44 bits per heavy atom. The molecule has 0 spiro atoms. The van der Waals surface area contributed by atoms with Gasteiger partial charge in [-0.2, -0.15) is 5.26 Å². The van der Waals surface area contributed by atoms with Crippen LogP contribution in [-0.4, -0.2) is 9.97 Å². The highest BCUT2D eigenvalue weighted by atomic mass is 32.1. The third-order valence-electron chi connectivity index (χ3n) is 2.04. The molecule has 0 unspecified atom stereocenters. The Morgan fingerprint density at radius 3 is 3.12 bits per heavy atom. The summed E-state index contributed by atoms with van der Waals surface area (Å²) in [7, 11) is 0. The summed E-state index contributed by atoms with van der Waals surface area (Å²) in [5.74, 6) is 0. The first kappa shape index (κ1) is 10.6. The first-order valence-electron chi connectivity index (χ1n) is 4.79. The number of aromatic nitrogens is 2. The Bertz CT molecular complexity index is 527. The molecule has 0 radical (unpaired) electrons. The Kier molecular flexibility index (Phi) is 3.13. The summed E-state index contributed by atoms with van der Waals surface area (Å²) in [4.78, 5) is 8.31. The molecule has 0 aliphatic carbocycles. The van der Waals surface area contributed by atoms with Crippen LogP contribution in [0.4, 0.5) is 5.69 Å². The standard InChI is InChI=1S/C11H10N4S/c1-8-15-9(7-16-8)6-14-10-3-2-4-13-11(10)5-12/h2-4,7,14H,6H2,1H3. The smallest absolute Gasteiger partial charge is 0.163 e. The molecular weight excluding hydrogens is 220 g/mol. The van der Waals surface area contributed by atoms with Gasteiger partial charge in [0.15, 0.2) is 5.69 Å². The van der Waals surface area contributed by atoms with Crippen molar-refractivity contribution in [2.24, 2.45) is 0 Å². The molecule has 2 aromatic heterocycles. The van der Waals surface area contributed by atoms with Gasteiger partial charge in [0.1, 0.15) is 6.07 Å². The number of nitrogens with zero attached hydrogens (tertiary/aromatic N) is 3. The Labute approximate surface area is 97.6 Å². The van der Waals surface area contributed by atoms with Crippen molar-refractivity contribution in [2.75, 3.05) is 5.32 Å². The van der Waals surface area contributed by atoms with E-state index in [0.717, 1.165) is 16.4 Å². The fourth-order valence-corrected chi connectivity index (χ4v) is 1.92. The van der Waals surface area contributed by atoms with E-state index >= 15 is 0 Å². The lowest BCUT2D eigenvalue weighted by atomic mass is 10.3. The molecule has 2 rings (SSSR count). The first-order valence-corrected chi connectivity index (χ1v) is 5.67. The molecule has 1 N–H and O–H groups in total. The molecule has 5 heteroatoms. The van der Waals surface area contributed by atoms with Crippen molar-refractivity contribution in [3.63, 3.8) is 0 Å². The number of hydrogen-bond donors (Lipinski definition) is 1. The summed E-state index contributed by atoms with van der Waals surface area (Å²) in [6, 6.07) is 5.68. The number of nitriles is 1. The quantitative estimate of drug-likeness (QED) is 0.879. The molecule has 0 saturated carbocycles. The Morgan fingerprint density at radius 1 is 1.56 bits per heavy atom. The summed E-state index contributed by atoms with van der Waals surface area (Å²) in [6.45, 7) is 2.59. The van der Waals surface area contributed by atoms with Crippen LogP contribution in [0.15, 0.2) is 23.7 Å². The lowest BCUT2D eigenvalue weighted by Gasteiger charge is -2.04. The predicted molar refractivity (Wildman–Crippen MR) is 63.1 cm³/mol. The number of nitrogens with one attached hydrogen (secondary N) is 1. The van der Waals surface area contributed by atoms with Gasteiger partial charge >= 0.3 is 0 Å². The Hall–Kier alpha value is -1.93. The largest absolute Gasteiger partial charge is 0.377 e. The van der Waals surface area contributed by atoms with Crippen molar-refractivity contribution in [2.45, 2.75) is 13.5 Å². The fraction of sp³-hybridized carbons (Fsp3) is 0.182. The zero-order valence-corrected chi connectivity index (χ0v) is 9.58. The molecular formula is C11H10N4S. The zero-order valence-electron chi connectivity index (χ0n) is 8.77. The van der Waals surface area contributed by atoms with Crippen molar-refractivity contribution in [1.29, 1.82) is 5.26 Å². The van der Waals surface area contributed by atoms with E-state index in [1.165, 1.54) is 0 Å². The molecule has 0 amide bonds. The minimum absolute atomic E-state index is 0.412. The van der Waals surface area contributed by atoms with Gasteiger partial charge in [0, 0.05) is 11.6 Å². The lowest BCUT2D eigenvalue weighted by molar-refractivity contribution is 1.05. The highest BCUT2D eigenvalue weighted by molar-refractivity contribution is 7.09. The van der Waals surface area contributed by atoms with Crippen LogP contribution in [-0.2, 0) is 6.54 Å². The van der Waals surface area contributed by atoms with Gasteiger partial charge in [0.25, 0.3) is 0 Å². The maximum Gasteiger partial charge on any atom is 0.163 e. The van der Waals surface area contributed by atoms with Crippen LogP contribution in [0.25, 0.3) is 0 Å². The number of pyridine rings is 1. The molecule has 2 aromatic rings. The molecule has 0 aliphatic rings. The van der Waals surface area contributed by atoms with Crippen molar-refractivity contribution in [3.8, 4) is 6.07 Å². The van der Waals surface area contributed by atoms with Crippen LogP contribution in [0, 0.1) is 18.3 Å². The molecule has 2 heterocycles. The summed E-state index contributed by atoms with van der Waals surface area (Å²) in [5.41, 5.74) is 2.14.